The first-order valence-corrected chi connectivity index (χ1v) is 9.69. The van der Waals surface area contributed by atoms with Crippen LogP contribution in [0.25, 0.3) is 0 Å². The summed E-state index contributed by atoms with van der Waals surface area (Å²) in [6, 6.07) is 18.1. The van der Waals surface area contributed by atoms with Crippen molar-refractivity contribution in [1.29, 1.82) is 0 Å². The molecule has 3 rings (SSSR count). The zero-order valence-corrected chi connectivity index (χ0v) is 16.7. The maximum Gasteiger partial charge on any atom is 0.270 e. The molecule has 0 saturated heterocycles. The quantitative estimate of drug-likeness (QED) is 0.629. The fourth-order valence-corrected chi connectivity index (χ4v) is 2.94. The highest BCUT2D eigenvalue weighted by Crippen LogP contribution is 2.16. The summed E-state index contributed by atoms with van der Waals surface area (Å²) < 4.78 is 13.0. The van der Waals surface area contributed by atoms with E-state index < -0.39 is 0 Å². The van der Waals surface area contributed by atoms with Crippen LogP contribution in [-0.2, 0) is 13.0 Å². The minimum atomic E-state index is -0.267. The third-order valence-electron chi connectivity index (χ3n) is 4.56. The van der Waals surface area contributed by atoms with E-state index in [2.05, 4.69) is 46.2 Å². The summed E-state index contributed by atoms with van der Waals surface area (Å²) in [7, 11) is 0. The van der Waals surface area contributed by atoms with E-state index in [-0.39, 0.29) is 17.8 Å². The summed E-state index contributed by atoms with van der Waals surface area (Å²) in [6.45, 7) is 5.25. The van der Waals surface area contributed by atoms with Crippen LogP contribution in [-0.4, -0.2) is 28.5 Å². The molecule has 5 nitrogen and oxygen atoms in total. The van der Waals surface area contributed by atoms with E-state index in [1.54, 1.807) is 24.4 Å². The van der Waals surface area contributed by atoms with E-state index in [0.29, 0.717) is 31.2 Å². The monoisotopic (exact) mass is 392 g/mol. The summed E-state index contributed by atoms with van der Waals surface area (Å²) in [6.07, 6.45) is 2.23. The van der Waals surface area contributed by atoms with Crippen molar-refractivity contribution in [2.45, 2.75) is 32.9 Å². The molecule has 0 saturated carbocycles. The highest BCUT2D eigenvalue weighted by atomic mass is 19.1. The van der Waals surface area contributed by atoms with E-state index >= 15 is 0 Å². The smallest absolute Gasteiger partial charge is 0.270 e. The van der Waals surface area contributed by atoms with E-state index in [4.69, 9.17) is 0 Å². The average Bonchev–Trinajstić information content (AvgIpc) is 2.74. The SMILES string of the molecule is CC(C)N(Cc1ccccc1)c1nccc(C(=O)NCCc2ccc(F)cc2)n1. The highest BCUT2D eigenvalue weighted by Gasteiger charge is 2.16. The molecule has 29 heavy (non-hydrogen) atoms. The highest BCUT2D eigenvalue weighted by molar-refractivity contribution is 5.92. The van der Waals surface area contributed by atoms with Crippen LogP contribution in [0.3, 0.4) is 0 Å². The van der Waals surface area contributed by atoms with Crippen LogP contribution < -0.4 is 10.2 Å². The number of hydrogen-bond acceptors (Lipinski definition) is 4. The molecule has 0 radical (unpaired) electrons. The van der Waals surface area contributed by atoms with Crippen LogP contribution >= 0.6 is 0 Å². The van der Waals surface area contributed by atoms with E-state index in [0.717, 1.165) is 11.1 Å². The molecule has 0 aliphatic rings. The Balaban J connectivity index is 1.65. The lowest BCUT2D eigenvalue weighted by molar-refractivity contribution is 0.0949. The molecular formula is C23H25FN4O. The molecule has 0 unspecified atom stereocenters. The molecular weight excluding hydrogens is 367 g/mol. The normalized spacial score (nSPS) is 10.8. The molecule has 150 valence electrons. The first kappa shape index (κ1) is 20.5. The molecule has 1 heterocycles. The van der Waals surface area contributed by atoms with Gasteiger partial charge in [-0.25, -0.2) is 14.4 Å². The molecule has 1 N–H and O–H groups in total. The Morgan fingerprint density at radius 3 is 2.45 bits per heavy atom. The second-order valence-electron chi connectivity index (χ2n) is 7.08. The lowest BCUT2D eigenvalue weighted by Gasteiger charge is -2.27. The number of rotatable bonds is 8. The number of anilines is 1. The second-order valence-corrected chi connectivity index (χ2v) is 7.08. The van der Waals surface area contributed by atoms with E-state index in [1.807, 2.05) is 18.2 Å². The third-order valence-corrected chi connectivity index (χ3v) is 4.56. The molecule has 0 aliphatic carbocycles. The molecule has 1 amide bonds. The van der Waals surface area contributed by atoms with Gasteiger partial charge in [-0.15, -0.1) is 0 Å². The summed E-state index contributed by atoms with van der Waals surface area (Å²) in [5.74, 6) is 0.00530. The summed E-state index contributed by atoms with van der Waals surface area (Å²) in [5.41, 5.74) is 2.44. The van der Waals surface area contributed by atoms with Crippen molar-refractivity contribution < 1.29 is 9.18 Å². The van der Waals surface area contributed by atoms with Gasteiger partial charge in [0, 0.05) is 25.3 Å². The summed E-state index contributed by atoms with van der Waals surface area (Å²) >= 11 is 0. The predicted molar refractivity (Wildman–Crippen MR) is 112 cm³/mol. The number of hydrogen-bond donors (Lipinski definition) is 1. The van der Waals surface area contributed by atoms with Crippen LogP contribution in [0.2, 0.25) is 0 Å². The van der Waals surface area contributed by atoms with Crippen molar-refractivity contribution in [1.82, 2.24) is 15.3 Å². The van der Waals surface area contributed by atoms with Crippen molar-refractivity contribution in [3.05, 3.63) is 89.5 Å². The molecule has 1 aromatic heterocycles. The van der Waals surface area contributed by atoms with Gasteiger partial charge in [-0.1, -0.05) is 42.5 Å². The number of nitrogens with one attached hydrogen (secondary N) is 1. The molecule has 0 spiro atoms. The maximum absolute atomic E-state index is 13.0. The first-order chi connectivity index (χ1) is 14.0. The number of amides is 1. The Kier molecular flexibility index (Phi) is 6.89. The van der Waals surface area contributed by atoms with Crippen LogP contribution in [0.4, 0.5) is 10.3 Å². The Hall–Kier alpha value is -3.28. The Morgan fingerprint density at radius 1 is 1.03 bits per heavy atom. The van der Waals surface area contributed by atoms with E-state index in [9.17, 15) is 9.18 Å². The topological polar surface area (TPSA) is 58.1 Å². The average molecular weight is 392 g/mol. The van der Waals surface area contributed by atoms with Gasteiger partial charge in [-0.3, -0.25) is 4.79 Å². The predicted octanol–water partition coefficient (Wildman–Crippen LogP) is 4.00. The molecule has 0 aliphatic heterocycles. The number of carbonyl (C=O) groups excluding carboxylic acids is 1. The molecule has 6 heteroatoms. The zero-order chi connectivity index (χ0) is 20.6. The van der Waals surface area contributed by atoms with Gasteiger partial charge >= 0.3 is 0 Å². The maximum atomic E-state index is 13.0. The summed E-state index contributed by atoms with van der Waals surface area (Å²) in [4.78, 5) is 23.4. The van der Waals surface area contributed by atoms with Crippen molar-refractivity contribution >= 4 is 11.9 Å². The second kappa shape index (κ2) is 9.78. The minimum Gasteiger partial charge on any atom is -0.350 e. The molecule has 2 aromatic carbocycles. The van der Waals surface area contributed by atoms with Crippen molar-refractivity contribution in [2.24, 2.45) is 0 Å². The van der Waals surface area contributed by atoms with E-state index in [1.165, 1.54) is 12.1 Å². The van der Waals surface area contributed by atoms with Crippen LogP contribution in [0.15, 0.2) is 66.9 Å². The number of nitrogens with zero attached hydrogens (tertiary/aromatic N) is 3. The fraction of sp³-hybridized carbons (Fsp3) is 0.261. The Morgan fingerprint density at radius 2 is 1.76 bits per heavy atom. The van der Waals surface area contributed by atoms with Crippen LogP contribution in [0, 0.1) is 5.82 Å². The number of aromatic nitrogens is 2. The van der Waals surface area contributed by atoms with Crippen LogP contribution in [0.5, 0.6) is 0 Å². The lowest BCUT2D eigenvalue weighted by Crippen LogP contribution is -2.33. The van der Waals surface area contributed by atoms with Gasteiger partial charge in [0.05, 0.1) is 0 Å². The van der Waals surface area contributed by atoms with Gasteiger partial charge < -0.3 is 10.2 Å². The molecule has 0 atom stereocenters. The summed E-state index contributed by atoms with van der Waals surface area (Å²) in [5, 5.41) is 2.87. The van der Waals surface area contributed by atoms with Crippen LogP contribution in [0.1, 0.15) is 35.5 Å². The minimum absolute atomic E-state index is 0.173. The number of carbonyl (C=O) groups is 1. The van der Waals surface area contributed by atoms with Gasteiger partial charge in [-0.05, 0) is 49.6 Å². The molecule has 0 bridgehead atoms. The number of benzene rings is 2. The first-order valence-electron chi connectivity index (χ1n) is 9.69. The largest absolute Gasteiger partial charge is 0.350 e. The van der Waals surface area contributed by atoms with Gasteiger partial charge in [-0.2, -0.15) is 0 Å². The van der Waals surface area contributed by atoms with Gasteiger partial charge in [0.2, 0.25) is 5.95 Å². The van der Waals surface area contributed by atoms with Crippen molar-refractivity contribution in [2.75, 3.05) is 11.4 Å². The lowest BCUT2D eigenvalue weighted by atomic mass is 10.1. The fourth-order valence-electron chi connectivity index (χ4n) is 2.94. The van der Waals surface area contributed by atoms with Gasteiger partial charge in [0.1, 0.15) is 11.5 Å². The van der Waals surface area contributed by atoms with Gasteiger partial charge in [0.15, 0.2) is 0 Å². The van der Waals surface area contributed by atoms with Crippen molar-refractivity contribution in [3.63, 3.8) is 0 Å². The zero-order valence-electron chi connectivity index (χ0n) is 16.7. The van der Waals surface area contributed by atoms with Crippen molar-refractivity contribution in [3.8, 4) is 0 Å². The third kappa shape index (κ3) is 5.85. The molecule has 3 aromatic rings. The standard InChI is InChI=1S/C23H25FN4O/c1-17(2)28(16-19-6-4-3-5-7-19)23-26-15-13-21(27-23)22(29)25-14-12-18-8-10-20(24)11-9-18/h3-11,13,15,17H,12,14,16H2,1-2H3,(H,25,29). The molecule has 0 fully saturated rings. The Labute approximate surface area is 170 Å². The van der Waals surface area contributed by atoms with Gasteiger partial charge in [0.25, 0.3) is 5.91 Å². The Bertz CT molecular complexity index is 929. The number of halogens is 1.